The van der Waals surface area contributed by atoms with Crippen LogP contribution in [0.4, 0.5) is 0 Å². The summed E-state index contributed by atoms with van der Waals surface area (Å²) in [6.07, 6.45) is 6.62. The highest BCUT2D eigenvalue weighted by molar-refractivity contribution is 5.88. The first-order valence-corrected chi connectivity index (χ1v) is 7.37. The Labute approximate surface area is 131 Å². The van der Waals surface area contributed by atoms with Crippen LogP contribution in [0.3, 0.4) is 0 Å². The Bertz CT molecular complexity index is 533. The Morgan fingerprint density at radius 2 is 1.86 bits per heavy atom. The number of nitrogens with one attached hydrogen (secondary N) is 1. The Kier molecular flexibility index (Phi) is 7.68. The molecule has 1 unspecified atom stereocenters. The average molecular weight is 301 g/mol. The third-order valence-corrected chi connectivity index (χ3v) is 2.81. The van der Waals surface area contributed by atoms with E-state index < -0.39 is 6.04 Å². The highest BCUT2D eigenvalue weighted by Gasteiger charge is 2.19. The number of hydrogen-bond acceptors (Lipinski definition) is 3. The zero-order valence-corrected chi connectivity index (χ0v) is 13.3. The third-order valence-electron chi connectivity index (χ3n) is 2.81. The molecule has 0 spiro atoms. The van der Waals surface area contributed by atoms with Crippen LogP contribution >= 0.6 is 0 Å². The number of esters is 1. The summed E-state index contributed by atoms with van der Waals surface area (Å²) in [7, 11) is 0. The highest BCUT2D eigenvalue weighted by Crippen LogP contribution is 2.17. The molecule has 0 saturated heterocycles. The molecule has 0 aromatic heterocycles. The predicted molar refractivity (Wildman–Crippen MR) is 87.1 cm³/mol. The standard InChI is InChI=1S/C18H23NO3/c1-4-5-7-12-17(20)19-16(13-18(21)22-14(2)3)15-10-8-6-9-11-15/h4-12,14,16H,13H2,1-3H3,(H,19,20)/b5-4+,12-7+. The molecule has 1 aromatic rings. The van der Waals surface area contributed by atoms with E-state index in [1.807, 2.05) is 43.3 Å². The average Bonchev–Trinajstić information content (AvgIpc) is 2.47. The number of allylic oxidation sites excluding steroid dienone is 3. The molecule has 0 bridgehead atoms. The minimum absolute atomic E-state index is 0.103. The molecule has 1 amide bonds. The maximum Gasteiger partial charge on any atom is 0.308 e. The van der Waals surface area contributed by atoms with Crippen LogP contribution in [0.5, 0.6) is 0 Å². The van der Waals surface area contributed by atoms with Gasteiger partial charge in [0.1, 0.15) is 0 Å². The number of ether oxygens (including phenoxy) is 1. The number of rotatable bonds is 7. The number of carbonyl (C=O) groups excluding carboxylic acids is 2. The molecule has 0 aliphatic carbocycles. The largest absolute Gasteiger partial charge is 0.463 e. The van der Waals surface area contributed by atoms with E-state index in [2.05, 4.69) is 5.32 Å². The molecule has 0 saturated carbocycles. The van der Waals surface area contributed by atoms with Crippen molar-refractivity contribution in [3.8, 4) is 0 Å². The maximum absolute atomic E-state index is 11.9. The van der Waals surface area contributed by atoms with Crippen molar-refractivity contribution in [3.63, 3.8) is 0 Å². The quantitative estimate of drug-likeness (QED) is 0.477. The molecular formula is C18H23NO3. The van der Waals surface area contributed by atoms with E-state index in [0.717, 1.165) is 5.56 Å². The van der Waals surface area contributed by atoms with Crippen molar-refractivity contribution >= 4 is 11.9 Å². The van der Waals surface area contributed by atoms with Crippen molar-refractivity contribution in [2.24, 2.45) is 0 Å². The molecule has 1 atom stereocenters. The molecule has 22 heavy (non-hydrogen) atoms. The van der Waals surface area contributed by atoms with E-state index in [0.29, 0.717) is 0 Å². The minimum Gasteiger partial charge on any atom is -0.463 e. The summed E-state index contributed by atoms with van der Waals surface area (Å²) < 4.78 is 5.16. The van der Waals surface area contributed by atoms with Crippen molar-refractivity contribution in [2.75, 3.05) is 0 Å². The summed E-state index contributed by atoms with van der Waals surface area (Å²) in [6.45, 7) is 5.47. The molecule has 1 rings (SSSR count). The summed E-state index contributed by atoms with van der Waals surface area (Å²) in [5.41, 5.74) is 0.871. The lowest BCUT2D eigenvalue weighted by Crippen LogP contribution is -2.29. The van der Waals surface area contributed by atoms with Crippen molar-refractivity contribution in [3.05, 3.63) is 60.2 Å². The number of hydrogen-bond donors (Lipinski definition) is 1. The van der Waals surface area contributed by atoms with E-state index in [-0.39, 0.29) is 24.4 Å². The van der Waals surface area contributed by atoms with Gasteiger partial charge in [-0.25, -0.2) is 0 Å². The van der Waals surface area contributed by atoms with Gasteiger partial charge in [-0.1, -0.05) is 48.6 Å². The van der Waals surface area contributed by atoms with E-state index >= 15 is 0 Å². The SMILES string of the molecule is C/C=C/C=C/C(=O)NC(CC(=O)OC(C)C)c1ccccc1. The van der Waals surface area contributed by atoms with Crippen molar-refractivity contribution in [2.45, 2.75) is 39.3 Å². The highest BCUT2D eigenvalue weighted by atomic mass is 16.5. The van der Waals surface area contributed by atoms with Crippen molar-refractivity contribution in [1.29, 1.82) is 0 Å². The van der Waals surface area contributed by atoms with Crippen LogP contribution in [0, 0.1) is 0 Å². The molecule has 1 aromatic carbocycles. The lowest BCUT2D eigenvalue weighted by Gasteiger charge is -2.18. The van der Waals surface area contributed by atoms with Crippen LogP contribution in [0.25, 0.3) is 0 Å². The van der Waals surface area contributed by atoms with Gasteiger partial charge in [0.2, 0.25) is 5.91 Å². The first-order chi connectivity index (χ1) is 10.5. The Morgan fingerprint density at radius 1 is 1.18 bits per heavy atom. The Hall–Kier alpha value is -2.36. The van der Waals surface area contributed by atoms with E-state index in [4.69, 9.17) is 4.74 Å². The minimum atomic E-state index is -0.407. The van der Waals surface area contributed by atoms with E-state index in [1.165, 1.54) is 6.08 Å². The second-order valence-corrected chi connectivity index (χ2v) is 5.10. The first-order valence-electron chi connectivity index (χ1n) is 7.37. The maximum atomic E-state index is 11.9. The van der Waals surface area contributed by atoms with Crippen LogP contribution in [-0.4, -0.2) is 18.0 Å². The van der Waals surface area contributed by atoms with Crippen LogP contribution in [0.15, 0.2) is 54.6 Å². The summed E-state index contributed by atoms with van der Waals surface area (Å²) in [5.74, 6) is -0.578. The van der Waals surface area contributed by atoms with Gasteiger partial charge < -0.3 is 10.1 Å². The van der Waals surface area contributed by atoms with Crippen molar-refractivity contribution < 1.29 is 14.3 Å². The van der Waals surface area contributed by atoms with Crippen LogP contribution in [0.2, 0.25) is 0 Å². The third kappa shape index (κ3) is 6.88. The zero-order chi connectivity index (χ0) is 16.4. The monoisotopic (exact) mass is 301 g/mol. The smallest absolute Gasteiger partial charge is 0.308 e. The second kappa shape index (κ2) is 9.55. The fraction of sp³-hybridized carbons (Fsp3) is 0.333. The van der Waals surface area contributed by atoms with Crippen LogP contribution in [-0.2, 0) is 14.3 Å². The fourth-order valence-electron chi connectivity index (χ4n) is 1.89. The number of carbonyl (C=O) groups is 2. The van der Waals surface area contributed by atoms with Gasteiger partial charge in [0.15, 0.2) is 0 Å². The van der Waals surface area contributed by atoms with Crippen LogP contribution in [0.1, 0.15) is 38.8 Å². The molecule has 0 radical (unpaired) electrons. The Balaban J connectivity index is 2.79. The molecule has 118 valence electrons. The lowest BCUT2D eigenvalue weighted by molar-refractivity contribution is -0.148. The van der Waals surface area contributed by atoms with Gasteiger partial charge in [0.25, 0.3) is 0 Å². The molecule has 4 heteroatoms. The van der Waals surface area contributed by atoms with Gasteiger partial charge in [-0.15, -0.1) is 0 Å². The fourth-order valence-corrected chi connectivity index (χ4v) is 1.89. The predicted octanol–water partition coefficient (Wildman–Crippen LogP) is 3.32. The number of benzene rings is 1. The Morgan fingerprint density at radius 3 is 2.45 bits per heavy atom. The van der Waals surface area contributed by atoms with Gasteiger partial charge in [0, 0.05) is 6.08 Å². The number of amides is 1. The molecule has 0 aliphatic heterocycles. The van der Waals surface area contributed by atoms with Gasteiger partial charge in [-0.05, 0) is 26.3 Å². The second-order valence-electron chi connectivity index (χ2n) is 5.10. The van der Waals surface area contributed by atoms with Gasteiger partial charge in [-0.3, -0.25) is 9.59 Å². The lowest BCUT2D eigenvalue weighted by atomic mass is 10.0. The summed E-state index contributed by atoms with van der Waals surface area (Å²) in [5, 5.41) is 2.84. The summed E-state index contributed by atoms with van der Waals surface area (Å²) >= 11 is 0. The summed E-state index contributed by atoms with van der Waals surface area (Å²) in [4.78, 5) is 23.8. The van der Waals surface area contributed by atoms with Crippen LogP contribution < -0.4 is 5.32 Å². The van der Waals surface area contributed by atoms with Crippen molar-refractivity contribution in [1.82, 2.24) is 5.32 Å². The van der Waals surface area contributed by atoms with Gasteiger partial charge in [0.05, 0.1) is 18.6 Å². The topological polar surface area (TPSA) is 55.4 Å². The van der Waals surface area contributed by atoms with Gasteiger partial charge >= 0.3 is 5.97 Å². The molecule has 4 nitrogen and oxygen atoms in total. The molecule has 1 N–H and O–H groups in total. The first kappa shape index (κ1) is 17.7. The van der Waals surface area contributed by atoms with E-state index in [9.17, 15) is 9.59 Å². The van der Waals surface area contributed by atoms with Gasteiger partial charge in [-0.2, -0.15) is 0 Å². The molecule has 0 aliphatic rings. The zero-order valence-electron chi connectivity index (χ0n) is 13.3. The molecule has 0 fully saturated rings. The summed E-state index contributed by atoms with van der Waals surface area (Å²) in [6, 6.07) is 8.98. The van der Waals surface area contributed by atoms with E-state index in [1.54, 1.807) is 26.0 Å². The molecular weight excluding hydrogens is 278 g/mol. The normalized spacial score (nSPS) is 12.7. The molecule has 0 heterocycles.